The van der Waals surface area contributed by atoms with Crippen LogP contribution >= 0.6 is 159 Å². The van der Waals surface area contributed by atoms with E-state index in [-0.39, 0.29) is 45.0 Å². The largest absolute Gasteiger partial charge is 0.453 e. The molecule has 0 unspecified atom stereocenters. The van der Waals surface area contributed by atoms with Gasteiger partial charge in [0.2, 0.25) is 15.9 Å². The molecule has 20 rings (SSSR count). The van der Waals surface area contributed by atoms with Gasteiger partial charge in [0.1, 0.15) is 5.60 Å². The molecule has 3 N–H and O–H groups in total. The highest BCUT2D eigenvalue weighted by Crippen LogP contribution is 2.62. The molecule has 1 saturated carbocycles. The summed E-state index contributed by atoms with van der Waals surface area (Å²) in [5.41, 5.74) is 24.4. The van der Waals surface area contributed by atoms with Crippen molar-refractivity contribution in [2.45, 2.75) is 130 Å². The van der Waals surface area contributed by atoms with Crippen molar-refractivity contribution in [1.29, 1.82) is 0 Å². The molecule has 10 aliphatic rings. The topological polar surface area (TPSA) is 168 Å². The molecule has 118 heavy (non-hydrogen) atoms. The molecule has 24 heteroatoms. The molecule has 4 aliphatic heterocycles. The second kappa shape index (κ2) is 33.5. The van der Waals surface area contributed by atoms with Crippen molar-refractivity contribution < 1.29 is 42.9 Å². The number of piperidine rings is 4. The smallest absolute Gasteiger partial charge is 0.409 e. The number of amides is 3. The third kappa shape index (κ3) is 15.6. The van der Waals surface area contributed by atoms with E-state index in [1.807, 2.05) is 17.0 Å². The number of hydrogen-bond acceptors (Lipinski definition) is 9. The van der Waals surface area contributed by atoms with Crippen LogP contribution in [0.2, 0.25) is 0 Å². The quantitative estimate of drug-likeness (QED) is 0.153. The Morgan fingerprint density at radius 3 is 0.737 bits per heavy atom. The summed E-state index contributed by atoms with van der Waals surface area (Å²) in [6, 6.07) is 64.9. The van der Waals surface area contributed by atoms with Gasteiger partial charge in [0.05, 0.1) is 25.6 Å². The molecule has 13 nitrogen and oxygen atoms in total. The van der Waals surface area contributed by atoms with Gasteiger partial charge in [0, 0.05) is 131 Å². The maximum Gasteiger partial charge on any atom is 0.409 e. The van der Waals surface area contributed by atoms with Gasteiger partial charge in [0.25, 0.3) is 5.91 Å². The fourth-order valence-electron chi connectivity index (χ4n) is 20.9. The highest BCUT2D eigenvalue weighted by Gasteiger charge is 2.54. The molecular weight excluding hydrogens is 2160 g/mol. The average molecular weight is 2250 g/mol. The second-order valence-electron chi connectivity index (χ2n) is 33.3. The molecule has 2 atom stereocenters. The number of aliphatic hydroxyl groups excluding tert-OH is 2. The Morgan fingerprint density at radius 2 is 0.542 bits per heavy atom. The minimum atomic E-state index is -3.13. The first kappa shape index (κ1) is 86.5. The lowest BCUT2D eigenvalue weighted by molar-refractivity contribution is -0.149. The van der Waals surface area contributed by atoms with Crippen LogP contribution in [0.4, 0.5) is 4.79 Å². The van der Waals surface area contributed by atoms with Crippen LogP contribution < -0.4 is 0 Å². The summed E-state index contributed by atoms with van der Waals surface area (Å²) in [5, 5.41) is 30.4. The summed E-state index contributed by atoms with van der Waals surface area (Å²) in [6.07, 6.45) is 8.03. The van der Waals surface area contributed by atoms with Crippen LogP contribution in [-0.4, -0.2) is 144 Å². The number of hydrogen-bond donors (Lipinski definition) is 3. The first-order chi connectivity index (χ1) is 56.1. The standard InChI is InChI=1S/C21H21Br2NO2.C19H17Br2NO2.C19H17Br2NO.C18H17Br2NO2S.C17H14Br2O2/c1-20(2,26)19(25)24-9-7-21(8-10-24)17-11-13(22)3-5-15(17)16-6-4-14(23)12-18(16)21;1-24-18(23)22-8-6-19(7-9-22)16-10-12(20)2-4-14(16)15-5-3-13(21)11-17(15)19;1-12(23)22-8-6-19(7-9-22)17-10-13(20)2-4-15(17)16-5-3-14(21)11-18(16)19;1-24(22,23)21-8-6-18(7-9-21)16-10-12(19)2-4-14(16)15-5-3-13(20)11-17(15)18;18-9-1-3-11-12-4-2-10(19)6-14(12)17(13(11)5-9)7-15(20)16(21)8-17/h3-6,11-12,26H,7-10H2,1-2H3;2-5,10-11H,6-9H2,1H3;2-5,10-11H,6-9H2,1H3;2-5,10-11H,6-9H2,1H3;1-6,15-16,20-21H,7-8H2/t;;;;15-,16+. The van der Waals surface area contributed by atoms with Crippen molar-refractivity contribution in [1.82, 2.24) is 19.0 Å². The fourth-order valence-corrected chi connectivity index (χ4v) is 25.4. The van der Waals surface area contributed by atoms with Crippen LogP contribution in [-0.2, 0) is 51.4 Å². The predicted octanol–water partition coefficient (Wildman–Crippen LogP) is 23.9. The van der Waals surface area contributed by atoms with Crippen LogP contribution in [0.5, 0.6) is 0 Å². The Morgan fingerprint density at radius 1 is 0.347 bits per heavy atom. The maximum absolute atomic E-state index is 12.5. The Balaban J connectivity index is 0.000000110. The van der Waals surface area contributed by atoms with Crippen molar-refractivity contribution in [2.75, 3.05) is 65.7 Å². The number of benzene rings is 10. The molecule has 4 saturated heterocycles. The molecular formula is C94H86Br10N4O9S. The number of halogens is 10. The Hall–Kier alpha value is -5.00. The molecule has 5 spiro atoms. The lowest BCUT2D eigenvalue weighted by Crippen LogP contribution is -2.51. The Bertz CT molecular complexity index is 5570. The molecule has 0 radical (unpaired) electrons. The van der Waals surface area contributed by atoms with Crippen LogP contribution in [0, 0.1) is 0 Å². The number of methoxy groups -OCH3 is 1. The lowest BCUT2D eigenvalue weighted by Gasteiger charge is -2.42. The third-order valence-corrected chi connectivity index (χ3v) is 32.8. The minimum Gasteiger partial charge on any atom is -0.453 e. The van der Waals surface area contributed by atoms with Crippen LogP contribution in [0.25, 0.3) is 55.6 Å². The fraction of sp³-hybridized carbons (Fsp3) is 0.330. The van der Waals surface area contributed by atoms with E-state index in [9.17, 15) is 38.1 Å². The summed E-state index contributed by atoms with van der Waals surface area (Å²) < 4.78 is 41.1. The SMILES string of the molecule is CC(=O)N1CCC2(CC1)c1cc(Br)ccc1-c1ccc(Br)cc12.CC(C)(O)C(=O)N1CCC2(CC1)c1cc(Br)ccc1-c1ccc(Br)cc12.COC(=O)N1CCC2(CC1)c1cc(Br)ccc1-c1ccc(Br)cc12.CS(=O)(=O)N1CCC2(CC1)c1cc(Br)ccc1-c1ccc(Br)cc12.O[C@@H]1CC2(C[C@@H]1O)c1cc(Br)ccc1-c1ccc(Br)cc12. The zero-order valence-corrected chi connectivity index (χ0v) is 82.1. The van der Waals surface area contributed by atoms with Crippen molar-refractivity contribution in [3.63, 3.8) is 0 Å². The first-order valence-electron chi connectivity index (χ1n) is 39.5. The molecule has 10 aromatic carbocycles. The van der Waals surface area contributed by atoms with E-state index in [4.69, 9.17) is 4.74 Å². The number of likely N-dealkylation sites (tertiary alicyclic amines) is 3. The van der Waals surface area contributed by atoms with Gasteiger partial charge in [-0.3, -0.25) is 9.59 Å². The van der Waals surface area contributed by atoms with Crippen molar-refractivity contribution in [2.24, 2.45) is 0 Å². The molecule has 6 aliphatic carbocycles. The third-order valence-electron chi connectivity index (χ3n) is 26.6. The number of ether oxygens (including phenoxy) is 1. The summed E-state index contributed by atoms with van der Waals surface area (Å²) in [6.45, 7) is 10.3. The average Bonchev–Trinajstić information content (AvgIpc) is 1.66. The van der Waals surface area contributed by atoms with E-state index in [1.165, 1.54) is 125 Å². The van der Waals surface area contributed by atoms with Crippen molar-refractivity contribution >= 4 is 187 Å². The van der Waals surface area contributed by atoms with E-state index in [2.05, 4.69) is 329 Å². The number of aliphatic hydroxyl groups is 3. The monoisotopic (exact) mass is 2240 g/mol. The maximum atomic E-state index is 12.5. The predicted molar refractivity (Wildman–Crippen MR) is 504 cm³/mol. The van der Waals surface area contributed by atoms with E-state index in [1.54, 1.807) is 34.9 Å². The van der Waals surface area contributed by atoms with Gasteiger partial charge in [0.15, 0.2) is 0 Å². The summed E-state index contributed by atoms with van der Waals surface area (Å²) in [7, 11) is -1.68. The van der Waals surface area contributed by atoms with E-state index < -0.39 is 27.8 Å². The van der Waals surface area contributed by atoms with Gasteiger partial charge in [-0.1, -0.05) is 220 Å². The highest BCUT2D eigenvalue weighted by molar-refractivity contribution is 9.12. The molecule has 0 aromatic heterocycles. The molecule has 5 fully saturated rings. The van der Waals surface area contributed by atoms with E-state index >= 15 is 0 Å². The lowest BCUT2D eigenvalue weighted by atomic mass is 9.71. The molecule has 612 valence electrons. The Kier molecular flexibility index (Phi) is 24.6. The zero-order chi connectivity index (χ0) is 83.7. The summed E-state index contributed by atoms with van der Waals surface area (Å²) in [5.74, 6) is -0.00365. The number of fused-ring (bicyclic) bond motifs is 25. The number of rotatable bonds is 2. The molecule has 3 amide bonds. The molecule has 0 bridgehead atoms. The van der Waals surface area contributed by atoms with Crippen LogP contribution in [0.3, 0.4) is 0 Å². The van der Waals surface area contributed by atoms with E-state index in [0.29, 0.717) is 52.1 Å². The minimum absolute atomic E-state index is 0.0251. The second-order valence-corrected chi connectivity index (χ2v) is 44.5. The van der Waals surface area contributed by atoms with Gasteiger partial charge in [-0.25, -0.2) is 17.5 Å². The first-order valence-corrected chi connectivity index (χ1v) is 49.3. The number of carbonyl (C=O) groups excluding carboxylic acids is 3. The molecule has 10 aromatic rings. The molecule has 4 heterocycles. The van der Waals surface area contributed by atoms with Gasteiger partial charge in [-0.15, -0.1) is 0 Å². The van der Waals surface area contributed by atoms with Gasteiger partial charge >= 0.3 is 6.09 Å². The Labute approximate surface area is 774 Å². The highest BCUT2D eigenvalue weighted by atomic mass is 79.9. The van der Waals surface area contributed by atoms with Crippen LogP contribution in [0.15, 0.2) is 227 Å². The van der Waals surface area contributed by atoms with Gasteiger partial charge in [-0.2, -0.15) is 0 Å². The summed E-state index contributed by atoms with van der Waals surface area (Å²) in [4.78, 5) is 41.6. The summed E-state index contributed by atoms with van der Waals surface area (Å²) >= 11 is 36.1. The number of nitrogens with zero attached hydrogens (tertiary/aromatic N) is 4. The van der Waals surface area contributed by atoms with Crippen molar-refractivity contribution in [3.05, 3.63) is 282 Å². The van der Waals surface area contributed by atoms with Crippen LogP contribution in [0.1, 0.15) is 141 Å². The number of sulfonamides is 1. The normalized spacial score (nSPS) is 19.4. The number of carbonyl (C=O) groups is 3. The van der Waals surface area contributed by atoms with Crippen molar-refractivity contribution in [3.8, 4) is 55.6 Å². The zero-order valence-electron chi connectivity index (χ0n) is 65.5. The van der Waals surface area contributed by atoms with Gasteiger partial charge in [-0.05, 0) is 311 Å². The van der Waals surface area contributed by atoms with E-state index in [0.717, 1.165) is 109 Å². The van der Waals surface area contributed by atoms with Gasteiger partial charge < -0.3 is 34.8 Å².